The predicted molar refractivity (Wildman–Crippen MR) is 116 cm³/mol. The largest absolute Gasteiger partial charge is 0.356 e. The van der Waals surface area contributed by atoms with Crippen LogP contribution in [0.25, 0.3) is 0 Å². The van der Waals surface area contributed by atoms with Crippen molar-refractivity contribution in [1.82, 2.24) is 14.9 Å². The van der Waals surface area contributed by atoms with Crippen LogP contribution in [0.3, 0.4) is 0 Å². The Hall–Kier alpha value is -2.63. The van der Waals surface area contributed by atoms with Crippen molar-refractivity contribution in [1.29, 1.82) is 0 Å². The van der Waals surface area contributed by atoms with Gasteiger partial charge in [-0.25, -0.2) is 9.97 Å². The minimum Gasteiger partial charge on any atom is -0.356 e. The van der Waals surface area contributed by atoms with Crippen LogP contribution in [0.5, 0.6) is 0 Å². The van der Waals surface area contributed by atoms with Crippen LogP contribution in [0, 0.1) is 6.92 Å². The summed E-state index contributed by atoms with van der Waals surface area (Å²) < 4.78 is 0. The van der Waals surface area contributed by atoms with Crippen molar-refractivity contribution in [3.8, 4) is 0 Å². The third-order valence-electron chi connectivity index (χ3n) is 5.90. The van der Waals surface area contributed by atoms with Crippen LogP contribution < -0.4 is 9.80 Å². The predicted octanol–water partition coefficient (Wildman–Crippen LogP) is 3.06. The molecule has 6 heteroatoms. The highest BCUT2D eigenvalue weighted by Gasteiger charge is 2.23. The Labute approximate surface area is 173 Å². The Morgan fingerprint density at radius 1 is 0.897 bits per heavy atom. The van der Waals surface area contributed by atoms with Crippen LogP contribution in [0.4, 0.5) is 11.6 Å². The fourth-order valence-electron chi connectivity index (χ4n) is 4.24. The van der Waals surface area contributed by atoms with Gasteiger partial charge in [-0.1, -0.05) is 30.3 Å². The van der Waals surface area contributed by atoms with Gasteiger partial charge in [-0.2, -0.15) is 0 Å². The number of benzene rings is 1. The molecular formula is C23H31N5O. The average molecular weight is 394 g/mol. The molecule has 29 heavy (non-hydrogen) atoms. The van der Waals surface area contributed by atoms with E-state index in [9.17, 15) is 4.79 Å². The van der Waals surface area contributed by atoms with E-state index in [1.165, 1.54) is 18.4 Å². The molecule has 1 aromatic heterocycles. The maximum absolute atomic E-state index is 12.6. The molecule has 0 radical (unpaired) electrons. The molecule has 0 saturated carbocycles. The third-order valence-corrected chi connectivity index (χ3v) is 5.90. The van der Waals surface area contributed by atoms with Gasteiger partial charge in [0.05, 0.1) is 0 Å². The van der Waals surface area contributed by atoms with E-state index in [0.29, 0.717) is 6.42 Å². The second-order valence-corrected chi connectivity index (χ2v) is 8.03. The highest BCUT2D eigenvalue weighted by molar-refractivity contribution is 5.76. The Kier molecular flexibility index (Phi) is 6.27. The van der Waals surface area contributed by atoms with Gasteiger partial charge in [-0.3, -0.25) is 4.79 Å². The van der Waals surface area contributed by atoms with Crippen LogP contribution >= 0.6 is 0 Å². The first-order valence-corrected chi connectivity index (χ1v) is 10.9. The Morgan fingerprint density at radius 3 is 2.17 bits per heavy atom. The Balaban J connectivity index is 1.28. The Bertz CT molecular complexity index is 811. The normalized spacial score (nSPS) is 17.1. The van der Waals surface area contributed by atoms with E-state index in [4.69, 9.17) is 0 Å². The van der Waals surface area contributed by atoms with E-state index in [0.717, 1.165) is 69.6 Å². The van der Waals surface area contributed by atoms with Gasteiger partial charge >= 0.3 is 0 Å². The molecule has 2 aromatic rings. The number of carbonyl (C=O) groups excluding carboxylic acids is 1. The minimum absolute atomic E-state index is 0.275. The molecule has 3 heterocycles. The highest BCUT2D eigenvalue weighted by atomic mass is 16.2. The number of aromatic nitrogens is 2. The number of hydrogen-bond acceptors (Lipinski definition) is 5. The smallest absolute Gasteiger partial charge is 0.222 e. The standard InChI is InChI=1S/C23H31N5O/c1-19-24-21(26-12-5-6-13-26)18-22(25-19)27-14-16-28(17-15-27)23(29)11-7-10-20-8-3-2-4-9-20/h2-4,8-9,18H,5-7,10-17H2,1H3. The van der Waals surface area contributed by atoms with Gasteiger partial charge in [0.15, 0.2) is 0 Å². The lowest BCUT2D eigenvalue weighted by Crippen LogP contribution is -2.49. The lowest BCUT2D eigenvalue weighted by Gasteiger charge is -2.36. The van der Waals surface area contributed by atoms with Gasteiger partial charge < -0.3 is 14.7 Å². The molecule has 154 valence electrons. The van der Waals surface area contributed by atoms with Crippen molar-refractivity contribution < 1.29 is 4.79 Å². The molecule has 0 unspecified atom stereocenters. The van der Waals surface area contributed by atoms with Gasteiger partial charge in [-0.15, -0.1) is 0 Å². The molecule has 4 rings (SSSR count). The van der Waals surface area contributed by atoms with Crippen LogP contribution in [-0.4, -0.2) is 60.0 Å². The molecule has 0 aliphatic carbocycles. The summed E-state index contributed by atoms with van der Waals surface area (Å²) in [5.41, 5.74) is 1.30. The van der Waals surface area contributed by atoms with Crippen molar-refractivity contribution in [2.24, 2.45) is 0 Å². The van der Waals surface area contributed by atoms with E-state index in [1.54, 1.807) is 0 Å². The number of rotatable bonds is 6. The Morgan fingerprint density at radius 2 is 1.52 bits per heavy atom. The fourth-order valence-corrected chi connectivity index (χ4v) is 4.24. The van der Waals surface area contributed by atoms with Crippen LogP contribution in [0.1, 0.15) is 37.1 Å². The van der Waals surface area contributed by atoms with E-state index in [2.05, 4.69) is 50.1 Å². The average Bonchev–Trinajstić information content (AvgIpc) is 3.29. The summed E-state index contributed by atoms with van der Waals surface area (Å²) in [6.45, 7) is 7.34. The number of aryl methyl sites for hydroxylation is 2. The van der Waals surface area contributed by atoms with Crippen molar-refractivity contribution in [3.05, 3.63) is 47.8 Å². The quantitative estimate of drug-likeness (QED) is 0.755. The number of anilines is 2. The maximum Gasteiger partial charge on any atom is 0.222 e. The second-order valence-electron chi connectivity index (χ2n) is 8.03. The van der Waals surface area contributed by atoms with Crippen LogP contribution in [0.2, 0.25) is 0 Å². The molecule has 6 nitrogen and oxygen atoms in total. The van der Waals surface area contributed by atoms with E-state index >= 15 is 0 Å². The molecule has 2 aliphatic rings. The van der Waals surface area contributed by atoms with E-state index in [1.807, 2.05) is 17.9 Å². The molecule has 0 bridgehead atoms. The summed E-state index contributed by atoms with van der Waals surface area (Å²) in [5.74, 6) is 3.14. The first-order chi connectivity index (χ1) is 14.2. The zero-order valence-corrected chi connectivity index (χ0v) is 17.4. The monoisotopic (exact) mass is 393 g/mol. The first-order valence-electron chi connectivity index (χ1n) is 10.9. The van der Waals surface area contributed by atoms with E-state index in [-0.39, 0.29) is 5.91 Å². The number of amides is 1. The summed E-state index contributed by atoms with van der Waals surface area (Å²) in [7, 11) is 0. The summed E-state index contributed by atoms with van der Waals surface area (Å²) in [6.07, 6.45) is 4.98. The summed E-state index contributed by atoms with van der Waals surface area (Å²) in [6, 6.07) is 12.5. The molecule has 1 amide bonds. The maximum atomic E-state index is 12.6. The summed E-state index contributed by atoms with van der Waals surface area (Å²) in [5, 5.41) is 0. The van der Waals surface area contributed by atoms with E-state index < -0.39 is 0 Å². The molecular weight excluding hydrogens is 362 g/mol. The van der Waals surface area contributed by atoms with Crippen molar-refractivity contribution in [2.45, 2.75) is 39.0 Å². The SMILES string of the molecule is Cc1nc(N2CCCC2)cc(N2CCN(C(=O)CCCc3ccccc3)CC2)n1. The number of nitrogens with zero attached hydrogens (tertiary/aromatic N) is 5. The molecule has 0 spiro atoms. The van der Waals surface area contributed by atoms with Crippen molar-refractivity contribution >= 4 is 17.5 Å². The fraction of sp³-hybridized carbons (Fsp3) is 0.522. The van der Waals surface area contributed by atoms with Crippen molar-refractivity contribution in [2.75, 3.05) is 49.1 Å². The topological polar surface area (TPSA) is 52.6 Å². The number of hydrogen-bond donors (Lipinski definition) is 0. The summed E-state index contributed by atoms with van der Waals surface area (Å²) >= 11 is 0. The molecule has 2 saturated heterocycles. The zero-order valence-electron chi connectivity index (χ0n) is 17.4. The minimum atomic E-state index is 0.275. The number of piperazine rings is 1. The van der Waals surface area contributed by atoms with Gasteiger partial charge in [0.1, 0.15) is 17.5 Å². The number of carbonyl (C=O) groups is 1. The lowest BCUT2D eigenvalue weighted by atomic mass is 10.1. The molecule has 1 aromatic carbocycles. The first kappa shape index (κ1) is 19.7. The molecule has 2 fully saturated rings. The van der Waals surface area contributed by atoms with Gasteiger partial charge in [0, 0.05) is 51.8 Å². The zero-order chi connectivity index (χ0) is 20.1. The van der Waals surface area contributed by atoms with Crippen LogP contribution in [0.15, 0.2) is 36.4 Å². The van der Waals surface area contributed by atoms with Gasteiger partial charge in [-0.05, 0) is 38.2 Å². The second kappa shape index (κ2) is 9.25. The van der Waals surface area contributed by atoms with Crippen molar-refractivity contribution in [3.63, 3.8) is 0 Å². The molecule has 0 atom stereocenters. The summed E-state index contributed by atoms with van der Waals surface area (Å²) in [4.78, 5) is 28.5. The van der Waals surface area contributed by atoms with Gasteiger partial charge in [0.2, 0.25) is 5.91 Å². The molecule has 0 N–H and O–H groups in total. The highest BCUT2D eigenvalue weighted by Crippen LogP contribution is 2.23. The van der Waals surface area contributed by atoms with Crippen LogP contribution in [-0.2, 0) is 11.2 Å². The van der Waals surface area contributed by atoms with Gasteiger partial charge in [0.25, 0.3) is 0 Å². The lowest BCUT2D eigenvalue weighted by molar-refractivity contribution is -0.131. The third kappa shape index (κ3) is 5.05. The molecule has 2 aliphatic heterocycles.